The molecule has 1 amide bonds. The summed E-state index contributed by atoms with van der Waals surface area (Å²) in [6, 6.07) is 17.6. The number of amides is 1. The van der Waals surface area contributed by atoms with Crippen LogP contribution in [-0.4, -0.2) is 22.7 Å². The number of carbonyl (C=O) groups is 2. The van der Waals surface area contributed by atoms with Crippen LogP contribution in [-0.2, 0) is 22.6 Å². The maximum Gasteiger partial charge on any atom is 0.408 e. The Morgan fingerprint density at radius 3 is 2.32 bits per heavy atom. The van der Waals surface area contributed by atoms with Crippen LogP contribution in [0.15, 0.2) is 54.6 Å². The summed E-state index contributed by atoms with van der Waals surface area (Å²) >= 11 is 0. The highest BCUT2D eigenvalue weighted by Gasteiger charge is 2.35. The van der Waals surface area contributed by atoms with Crippen molar-refractivity contribution in [2.45, 2.75) is 25.5 Å². The second-order valence-electron chi connectivity index (χ2n) is 5.81. The first-order valence-corrected chi connectivity index (χ1v) is 7.64. The smallest absolute Gasteiger partial charge is 0.408 e. The molecular weight excluding hydrogens is 320 g/mol. The molecule has 0 aliphatic rings. The van der Waals surface area contributed by atoms with E-state index in [1.54, 1.807) is 36.4 Å². The first kappa shape index (κ1) is 18.0. The molecule has 6 heteroatoms. The highest BCUT2D eigenvalue weighted by atomic mass is 16.5. The van der Waals surface area contributed by atoms with E-state index in [0.717, 1.165) is 5.56 Å². The number of carbonyl (C=O) groups excluding carboxylic acids is 1. The molecule has 0 spiro atoms. The Balaban J connectivity index is 2.01. The van der Waals surface area contributed by atoms with Gasteiger partial charge in [-0.1, -0.05) is 42.5 Å². The van der Waals surface area contributed by atoms with Crippen LogP contribution in [0.25, 0.3) is 0 Å². The van der Waals surface area contributed by atoms with E-state index in [0.29, 0.717) is 11.1 Å². The number of nitriles is 1. The summed E-state index contributed by atoms with van der Waals surface area (Å²) in [5.41, 5.74) is 0.451. The van der Waals surface area contributed by atoms with Crippen molar-refractivity contribution >= 4 is 12.1 Å². The summed E-state index contributed by atoms with van der Waals surface area (Å²) in [7, 11) is 0. The first-order valence-electron chi connectivity index (χ1n) is 7.64. The summed E-state index contributed by atoms with van der Waals surface area (Å²) in [5, 5.41) is 20.7. The number of nitrogens with zero attached hydrogens (tertiary/aromatic N) is 1. The van der Waals surface area contributed by atoms with E-state index in [1.165, 1.54) is 6.92 Å². The fourth-order valence-corrected chi connectivity index (χ4v) is 2.26. The second kappa shape index (κ2) is 7.97. The predicted molar refractivity (Wildman–Crippen MR) is 90.7 cm³/mol. The fourth-order valence-electron chi connectivity index (χ4n) is 2.26. The van der Waals surface area contributed by atoms with Crippen molar-refractivity contribution in [3.63, 3.8) is 0 Å². The molecule has 0 fully saturated rings. The minimum atomic E-state index is -1.53. The van der Waals surface area contributed by atoms with Crippen LogP contribution in [0.5, 0.6) is 0 Å². The van der Waals surface area contributed by atoms with Crippen molar-refractivity contribution in [3.8, 4) is 6.07 Å². The number of alkyl carbamates (subject to hydrolysis) is 1. The lowest BCUT2D eigenvalue weighted by molar-refractivity contribution is -0.143. The van der Waals surface area contributed by atoms with Crippen LogP contribution in [0, 0.1) is 11.3 Å². The number of rotatable bonds is 6. The maximum atomic E-state index is 12.0. The lowest BCUT2D eigenvalue weighted by Gasteiger charge is -2.26. The van der Waals surface area contributed by atoms with Gasteiger partial charge in [0, 0.05) is 6.42 Å². The van der Waals surface area contributed by atoms with E-state index < -0.39 is 17.6 Å². The van der Waals surface area contributed by atoms with Gasteiger partial charge in [-0.2, -0.15) is 5.26 Å². The van der Waals surface area contributed by atoms with Crippen LogP contribution in [0.4, 0.5) is 4.79 Å². The molecule has 0 unspecified atom stereocenters. The van der Waals surface area contributed by atoms with Crippen molar-refractivity contribution in [2.75, 3.05) is 0 Å². The zero-order valence-corrected chi connectivity index (χ0v) is 13.7. The second-order valence-corrected chi connectivity index (χ2v) is 5.81. The maximum absolute atomic E-state index is 12.0. The Kier molecular flexibility index (Phi) is 5.75. The number of ether oxygens (including phenoxy) is 1. The Hall–Kier alpha value is -3.33. The minimum Gasteiger partial charge on any atom is -0.480 e. The van der Waals surface area contributed by atoms with Crippen LogP contribution in [0.2, 0.25) is 0 Å². The average Bonchev–Trinajstić information content (AvgIpc) is 2.61. The van der Waals surface area contributed by atoms with Crippen molar-refractivity contribution in [1.82, 2.24) is 5.32 Å². The molecule has 2 rings (SSSR count). The molecule has 2 aromatic carbocycles. The molecule has 0 radical (unpaired) electrons. The summed E-state index contributed by atoms with van der Waals surface area (Å²) in [6.07, 6.45) is -0.739. The Labute approximate surface area is 145 Å². The standard InChI is InChI=1S/C19H18N2O4/c1-19(17(22)23,11-14-7-9-15(12-20)10-8-14)21-18(24)25-13-16-5-3-2-4-6-16/h2-10H,11,13H2,1H3,(H,21,24)(H,22,23)/t19-/m0/s1. The first-order chi connectivity index (χ1) is 11.9. The molecule has 1 atom stereocenters. The summed E-state index contributed by atoms with van der Waals surface area (Å²) in [6.45, 7) is 1.47. The molecule has 128 valence electrons. The van der Waals surface area contributed by atoms with Crippen LogP contribution in [0.3, 0.4) is 0 Å². The number of nitrogens with one attached hydrogen (secondary N) is 1. The zero-order valence-electron chi connectivity index (χ0n) is 13.7. The van der Waals surface area contributed by atoms with Gasteiger partial charge in [0.1, 0.15) is 12.1 Å². The molecule has 0 saturated carbocycles. The Morgan fingerprint density at radius 1 is 1.12 bits per heavy atom. The Morgan fingerprint density at radius 2 is 1.76 bits per heavy atom. The molecule has 0 aliphatic heterocycles. The minimum absolute atomic E-state index is 0.0548. The van der Waals surface area contributed by atoms with Crippen molar-refractivity contribution in [2.24, 2.45) is 0 Å². The van der Waals surface area contributed by atoms with Gasteiger partial charge in [-0.05, 0) is 30.2 Å². The highest BCUT2D eigenvalue weighted by Crippen LogP contribution is 2.15. The largest absolute Gasteiger partial charge is 0.480 e. The lowest BCUT2D eigenvalue weighted by Crippen LogP contribution is -2.53. The van der Waals surface area contributed by atoms with Crippen LogP contribution >= 0.6 is 0 Å². The number of carboxylic acids is 1. The van der Waals surface area contributed by atoms with Gasteiger partial charge in [0.2, 0.25) is 0 Å². The van der Waals surface area contributed by atoms with Gasteiger partial charge in [-0.3, -0.25) is 0 Å². The number of benzene rings is 2. The van der Waals surface area contributed by atoms with E-state index in [1.807, 2.05) is 24.3 Å². The van der Waals surface area contributed by atoms with Gasteiger partial charge in [0.15, 0.2) is 0 Å². The molecule has 0 aromatic heterocycles. The molecule has 2 aromatic rings. The van der Waals surface area contributed by atoms with Gasteiger partial charge in [-0.25, -0.2) is 9.59 Å². The van der Waals surface area contributed by atoms with E-state index in [4.69, 9.17) is 10.00 Å². The normalized spacial score (nSPS) is 12.5. The number of aliphatic carboxylic acids is 1. The van der Waals surface area contributed by atoms with Gasteiger partial charge in [-0.15, -0.1) is 0 Å². The highest BCUT2D eigenvalue weighted by molar-refractivity contribution is 5.84. The molecule has 6 nitrogen and oxygen atoms in total. The number of hydrogen-bond donors (Lipinski definition) is 2. The average molecular weight is 338 g/mol. The monoisotopic (exact) mass is 338 g/mol. The third-order valence-electron chi connectivity index (χ3n) is 3.70. The molecule has 0 saturated heterocycles. The topological polar surface area (TPSA) is 99.4 Å². The third kappa shape index (κ3) is 5.08. The van der Waals surface area contributed by atoms with E-state index in [9.17, 15) is 14.7 Å². The van der Waals surface area contributed by atoms with Gasteiger partial charge >= 0.3 is 12.1 Å². The van der Waals surface area contributed by atoms with E-state index >= 15 is 0 Å². The van der Waals surface area contributed by atoms with Crippen molar-refractivity contribution in [3.05, 3.63) is 71.3 Å². The van der Waals surface area contributed by atoms with Crippen molar-refractivity contribution < 1.29 is 19.4 Å². The van der Waals surface area contributed by atoms with E-state index in [-0.39, 0.29) is 13.0 Å². The lowest BCUT2D eigenvalue weighted by atomic mass is 9.92. The fraction of sp³-hybridized carbons (Fsp3) is 0.211. The van der Waals surface area contributed by atoms with E-state index in [2.05, 4.69) is 5.32 Å². The van der Waals surface area contributed by atoms with Crippen LogP contribution < -0.4 is 5.32 Å². The van der Waals surface area contributed by atoms with Gasteiger partial charge in [0.25, 0.3) is 0 Å². The molecule has 2 N–H and O–H groups in total. The summed E-state index contributed by atoms with van der Waals surface area (Å²) in [5.74, 6) is -1.17. The summed E-state index contributed by atoms with van der Waals surface area (Å²) in [4.78, 5) is 23.6. The van der Waals surface area contributed by atoms with Crippen molar-refractivity contribution in [1.29, 1.82) is 5.26 Å². The summed E-state index contributed by atoms with van der Waals surface area (Å²) < 4.78 is 5.09. The predicted octanol–water partition coefficient (Wildman–Crippen LogP) is 2.87. The van der Waals surface area contributed by atoms with Gasteiger partial charge < -0.3 is 15.2 Å². The zero-order chi connectivity index (χ0) is 18.3. The SMILES string of the molecule is C[C@@](Cc1ccc(C#N)cc1)(NC(=O)OCc1ccccc1)C(=O)O. The molecule has 0 aliphatic carbocycles. The third-order valence-corrected chi connectivity index (χ3v) is 3.70. The van der Waals surface area contributed by atoms with Crippen LogP contribution in [0.1, 0.15) is 23.6 Å². The molecule has 0 bridgehead atoms. The molecule has 25 heavy (non-hydrogen) atoms. The van der Waals surface area contributed by atoms with Gasteiger partial charge in [0.05, 0.1) is 11.6 Å². The Bertz CT molecular complexity index is 781. The molecule has 0 heterocycles. The number of hydrogen-bond acceptors (Lipinski definition) is 4. The number of carboxylic acid groups (broad SMARTS) is 1. The molecular formula is C19H18N2O4. The quantitative estimate of drug-likeness (QED) is 0.843.